The number of hydrogen-bond donors (Lipinski definition) is 2. The topological polar surface area (TPSA) is 116 Å². The molecule has 8 nitrogen and oxygen atoms in total. The molecule has 0 spiro atoms. The predicted octanol–water partition coefficient (Wildman–Crippen LogP) is 3.78. The van der Waals surface area contributed by atoms with Gasteiger partial charge in [-0.15, -0.1) is 0 Å². The molecule has 2 aromatic heterocycles. The quantitative estimate of drug-likeness (QED) is 0.464. The standard InChI is InChI=1S/C20H21ClN6O2/c1-4-13-7-5-6-8-14(13)24-20-26-15(25-19(22)27-20)10-29-18(28)16-11(2)9-12(3)23-17(16)21/h5-9H,4,10H2,1-3H3,(H3,22,24,25,26,27). The molecule has 0 radical (unpaired) electrons. The zero-order chi connectivity index (χ0) is 21.0. The van der Waals surface area contributed by atoms with Crippen molar-refractivity contribution < 1.29 is 9.53 Å². The summed E-state index contributed by atoms with van der Waals surface area (Å²) in [6.45, 7) is 5.44. The zero-order valence-electron chi connectivity index (χ0n) is 16.4. The van der Waals surface area contributed by atoms with Crippen LogP contribution in [0, 0.1) is 13.8 Å². The van der Waals surface area contributed by atoms with E-state index in [-0.39, 0.29) is 35.0 Å². The number of rotatable bonds is 6. The maximum atomic E-state index is 12.5. The first kappa shape index (κ1) is 20.5. The Hall–Kier alpha value is -3.26. The van der Waals surface area contributed by atoms with Crippen LogP contribution in [0.3, 0.4) is 0 Å². The van der Waals surface area contributed by atoms with E-state index in [1.54, 1.807) is 19.9 Å². The fraction of sp³-hybridized carbons (Fsp3) is 0.250. The molecule has 0 bridgehead atoms. The number of nitrogens with one attached hydrogen (secondary N) is 1. The number of nitrogen functional groups attached to an aromatic ring is 1. The third-order valence-electron chi connectivity index (χ3n) is 4.18. The lowest BCUT2D eigenvalue weighted by Crippen LogP contribution is -2.13. The van der Waals surface area contributed by atoms with Gasteiger partial charge in [0.15, 0.2) is 12.4 Å². The average Bonchev–Trinajstić information content (AvgIpc) is 2.65. The maximum absolute atomic E-state index is 12.5. The molecular weight excluding hydrogens is 392 g/mol. The largest absolute Gasteiger partial charge is 0.454 e. The van der Waals surface area contributed by atoms with Crippen molar-refractivity contribution in [1.29, 1.82) is 0 Å². The van der Waals surface area contributed by atoms with E-state index in [1.807, 2.05) is 24.3 Å². The average molecular weight is 413 g/mol. The van der Waals surface area contributed by atoms with Crippen LogP contribution in [0.2, 0.25) is 5.15 Å². The van der Waals surface area contributed by atoms with Gasteiger partial charge in [0.2, 0.25) is 11.9 Å². The van der Waals surface area contributed by atoms with Gasteiger partial charge in [-0.2, -0.15) is 15.0 Å². The van der Waals surface area contributed by atoms with E-state index in [9.17, 15) is 4.79 Å². The van der Waals surface area contributed by atoms with Crippen molar-refractivity contribution in [3.05, 3.63) is 63.7 Å². The summed E-state index contributed by atoms with van der Waals surface area (Å²) >= 11 is 6.10. The smallest absolute Gasteiger partial charge is 0.342 e. The Kier molecular flexibility index (Phi) is 6.23. The van der Waals surface area contributed by atoms with Gasteiger partial charge in [0.05, 0.1) is 5.56 Å². The van der Waals surface area contributed by atoms with Crippen LogP contribution in [0.25, 0.3) is 0 Å². The molecule has 0 fully saturated rings. The molecule has 1 aromatic carbocycles. The van der Waals surface area contributed by atoms with E-state index in [1.165, 1.54) is 0 Å². The van der Waals surface area contributed by atoms with Gasteiger partial charge in [-0.1, -0.05) is 36.7 Å². The Morgan fingerprint density at radius 1 is 1.17 bits per heavy atom. The highest BCUT2D eigenvalue weighted by Crippen LogP contribution is 2.21. The van der Waals surface area contributed by atoms with Crippen LogP contribution in [0.15, 0.2) is 30.3 Å². The van der Waals surface area contributed by atoms with E-state index in [4.69, 9.17) is 22.1 Å². The number of anilines is 3. The summed E-state index contributed by atoms with van der Waals surface area (Å²) in [7, 11) is 0. The highest BCUT2D eigenvalue weighted by molar-refractivity contribution is 6.32. The van der Waals surface area contributed by atoms with Crippen molar-refractivity contribution in [3.8, 4) is 0 Å². The van der Waals surface area contributed by atoms with Gasteiger partial charge in [0, 0.05) is 11.4 Å². The first-order chi connectivity index (χ1) is 13.9. The molecule has 9 heteroatoms. The molecule has 0 amide bonds. The van der Waals surface area contributed by atoms with Crippen LogP contribution in [0.4, 0.5) is 17.6 Å². The van der Waals surface area contributed by atoms with Crippen LogP contribution in [0.5, 0.6) is 0 Å². The number of pyridine rings is 1. The minimum atomic E-state index is -0.607. The molecule has 0 aliphatic heterocycles. The Morgan fingerprint density at radius 2 is 1.93 bits per heavy atom. The van der Waals surface area contributed by atoms with Gasteiger partial charge in [-0.25, -0.2) is 9.78 Å². The van der Waals surface area contributed by atoms with Crippen molar-refractivity contribution in [2.24, 2.45) is 0 Å². The van der Waals surface area contributed by atoms with E-state index >= 15 is 0 Å². The second-order valence-electron chi connectivity index (χ2n) is 6.39. The lowest BCUT2D eigenvalue weighted by atomic mass is 10.1. The lowest BCUT2D eigenvalue weighted by molar-refractivity contribution is 0.0461. The number of nitrogens with zero attached hydrogens (tertiary/aromatic N) is 4. The molecule has 2 heterocycles. The Labute approximate surface area is 173 Å². The maximum Gasteiger partial charge on any atom is 0.342 e. The molecular formula is C20H21ClN6O2. The monoisotopic (exact) mass is 412 g/mol. The number of ether oxygens (including phenoxy) is 1. The summed E-state index contributed by atoms with van der Waals surface area (Å²) in [5.74, 6) is -0.0922. The van der Waals surface area contributed by atoms with Crippen LogP contribution in [-0.2, 0) is 17.8 Å². The van der Waals surface area contributed by atoms with Gasteiger partial charge >= 0.3 is 5.97 Å². The number of carbonyl (C=O) groups is 1. The third kappa shape index (κ3) is 4.97. The molecule has 0 saturated heterocycles. The Morgan fingerprint density at radius 3 is 2.66 bits per heavy atom. The molecule has 29 heavy (non-hydrogen) atoms. The van der Waals surface area contributed by atoms with Gasteiger partial charge < -0.3 is 15.8 Å². The fourth-order valence-corrected chi connectivity index (χ4v) is 3.23. The van der Waals surface area contributed by atoms with Crippen LogP contribution in [0.1, 0.15) is 39.9 Å². The molecule has 3 N–H and O–H groups in total. The summed E-state index contributed by atoms with van der Waals surface area (Å²) in [4.78, 5) is 29.0. The second kappa shape index (κ2) is 8.83. The molecule has 0 aliphatic rings. The number of hydrogen-bond acceptors (Lipinski definition) is 8. The first-order valence-corrected chi connectivity index (χ1v) is 9.41. The van der Waals surface area contributed by atoms with Crippen LogP contribution in [-0.4, -0.2) is 25.9 Å². The fourth-order valence-electron chi connectivity index (χ4n) is 2.87. The first-order valence-electron chi connectivity index (χ1n) is 9.03. The molecule has 3 aromatic rings. The Bertz CT molecular complexity index is 1030. The Balaban J connectivity index is 1.76. The predicted molar refractivity (Wildman–Crippen MR) is 111 cm³/mol. The minimum absolute atomic E-state index is 0.0220. The van der Waals surface area contributed by atoms with E-state index in [0.29, 0.717) is 5.56 Å². The lowest BCUT2D eigenvalue weighted by Gasteiger charge is -2.11. The second-order valence-corrected chi connectivity index (χ2v) is 6.75. The van der Waals surface area contributed by atoms with Crippen LogP contribution < -0.4 is 11.1 Å². The number of nitrogens with two attached hydrogens (primary N) is 1. The van der Waals surface area contributed by atoms with Crippen molar-refractivity contribution >= 4 is 35.2 Å². The number of aryl methyl sites for hydroxylation is 3. The summed E-state index contributed by atoms with van der Waals surface area (Å²) in [5.41, 5.74) is 9.39. The molecule has 3 rings (SSSR count). The SMILES string of the molecule is CCc1ccccc1Nc1nc(N)nc(COC(=O)c2c(C)cc(C)nc2Cl)n1. The molecule has 0 unspecified atom stereocenters. The molecule has 0 aliphatic carbocycles. The number of esters is 1. The highest BCUT2D eigenvalue weighted by atomic mass is 35.5. The third-order valence-corrected chi connectivity index (χ3v) is 4.45. The summed E-state index contributed by atoms with van der Waals surface area (Å²) < 4.78 is 5.32. The van der Waals surface area contributed by atoms with Gasteiger partial charge in [0.25, 0.3) is 0 Å². The van der Waals surface area contributed by atoms with Crippen molar-refractivity contribution in [2.75, 3.05) is 11.1 Å². The minimum Gasteiger partial charge on any atom is -0.454 e. The van der Waals surface area contributed by atoms with Crippen molar-refractivity contribution in [2.45, 2.75) is 33.8 Å². The van der Waals surface area contributed by atoms with Gasteiger partial charge in [-0.05, 0) is 43.5 Å². The van der Waals surface area contributed by atoms with E-state index < -0.39 is 5.97 Å². The normalized spacial score (nSPS) is 10.6. The van der Waals surface area contributed by atoms with Crippen molar-refractivity contribution in [3.63, 3.8) is 0 Å². The number of carbonyl (C=O) groups excluding carboxylic acids is 1. The number of aromatic nitrogens is 4. The molecule has 150 valence electrons. The van der Waals surface area contributed by atoms with Gasteiger partial charge in [-0.3, -0.25) is 0 Å². The van der Waals surface area contributed by atoms with Crippen molar-refractivity contribution in [1.82, 2.24) is 19.9 Å². The summed E-state index contributed by atoms with van der Waals surface area (Å²) in [5, 5.41) is 3.23. The van der Waals surface area contributed by atoms with E-state index in [2.05, 4.69) is 32.2 Å². The van der Waals surface area contributed by atoms with E-state index in [0.717, 1.165) is 23.4 Å². The summed E-state index contributed by atoms with van der Waals surface area (Å²) in [6, 6.07) is 9.57. The van der Waals surface area contributed by atoms with Crippen LogP contribution >= 0.6 is 11.6 Å². The number of benzene rings is 1. The zero-order valence-corrected chi connectivity index (χ0v) is 17.1. The highest BCUT2D eigenvalue weighted by Gasteiger charge is 2.18. The summed E-state index contributed by atoms with van der Waals surface area (Å²) in [6.07, 6.45) is 0.846. The molecule has 0 saturated carbocycles. The number of halogens is 1. The van der Waals surface area contributed by atoms with Gasteiger partial charge in [0.1, 0.15) is 5.15 Å². The number of para-hydroxylation sites is 1. The molecule has 0 atom stereocenters.